The number of aliphatic hydroxyl groups is 2. The van der Waals surface area contributed by atoms with Crippen molar-refractivity contribution in [3.05, 3.63) is 64.2 Å². The molecule has 164 valence electrons. The lowest BCUT2D eigenvalue weighted by Crippen LogP contribution is -2.33. The molecule has 0 saturated carbocycles. The van der Waals surface area contributed by atoms with Crippen molar-refractivity contribution < 1.29 is 14.9 Å². The Hall–Kier alpha value is -1.88. The van der Waals surface area contributed by atoms with Gasteiger partial charge in [-0.05, 0) is 60.1 Å². The van der Waals surface area contributed by atoms with Gasteiger partial charge in [-0.15, -0.1) is 0 Å². The maximum atomic E-state index is 10.1. The Labute approximate surface area is 181 Å². The minimum absolute atomic E-state index is 0.0458. The van der Waals surface area contributed by atoms with Crippen molar-refractivity contribution in [1.29, 1.82) is 0 Å². The van der Waals surface area contributed by atoms with Crippen LogP contribution in [0.4, 0.5) is 5.69 Å². The van der Waals surface area contributed by atoms with Gasteiger partial charge < -0.3 is 19.8 Å². The van der Waals surface area contributed by atoms with Gasteiger partial charge in [0.1, 0.15) is 0 Å². The van der Waals surface area contributed by atoms with E-state index in [1.807, 2.05) is 13.8 Å². The zero-order chi connectivity index (χ0) is 21.7. The maximum Gasteiger partial charge on any atom is 0.0854 e. The van der Waals surface area contributed by atoms with Crippen molar-refractivity contribution in [2.24, 2.45) is 0 Å². The number of hydrogen-bond acceptors (Lipinski definition) is 4. The Balaban J connectivity index is 0.00000124. The lowest BCUT2D eigenvalue weighted by atomic mass is 9.91. The van der Waals surface area contributed by atoms with Crippen LogP contribution in [-0.4, -0.2) is 42.6 Å². The number of ether oxygens (including phenoxy) is 1. The minimum atomic E-state index is -0.418. The average molecular weight is 412 g/mol. The lowest BCUT2D eigenvalue weighted by Gasteiger charge is -2.33. The molecule has 2 aliphatic rings. The summed E-state index contributed by atoms with van der Waals surface area (Å²) < 4.78 is 6.01. The average Bonchev–Trinajstić information content (AvgIpc) is 2.76. The molecule has 0 bridgehead atoms. The smallest absolute Gasteiger partial charge is 0.0854 e. The van der Waals surface area contributed by atoms with E-state index in [9.17, 15) is 10.2 Å². The molecule has 30 heavy (non-hydrogen) atoms. The monoisotopic (exact) mass is 411 g/mol. The number of nitrogens with zero attached hydrogens (tertiary/aromatic N) is 1. The molecular weight excluding hydrogens is 374 g/mol. The van der Waals surface area contributed by atoms with Gasteiger partial charge in [0.15, 0.2) is 0 Å². The third-order valence-electron chi connectivity index (χ3n) is 6.22. The van der Waals surface area contributed by atoms with Crippen molar-refractivity contribution in [2.75, 3.05) is 25.1 Å². The summed E-state index contributed by atoms with van der Waals surface area (Å²) in [4.78, 5) is 2.35. The molecule has 0 radical (unpaired) electrons. The molecular formula is C26H37NO3. The molecule has 3 unspecified atom stereocenters. The number of benzene rings is 2. The van der Waals surface area contributed by atoms with Gasteiger partial charge >= 0.3 is 0 Å². The second-order valence-corrected chi connectivity index (χ2v) is 8.41. The van der Waals surface area contributed by atoms with E-state index in [2.05, 4.69) is 55.3 Å². The van der Waals surface area contributed by atoms with E-state index < -0.39 is 6.10 Å². The molecule has 0 aromatic heterocycles. The molecule has 0 spiro atoms. The predicted molar refractivity (Wildman–Crippen MR) is 123 cm³/mol. The van der Waals surface area contributed by atoms with E-state index in [1.165, 1.54) is 34.4 Å². The highest BCUT2D eigenvalue weighted by Gasteiger charge is 2.29. The van der Waals surface area contributed by atoms with E-state index >= 15 is 0 Å². The normalized spacial score (nSPS) is 23.4. The second kappa shape index (κ2) is 10.4. The summed E-state index contributed by atoms with van der Waals surface area (Å²) in [5, 5.41) is 19.6. The van der Waals surface area contributed by atoms with Crippen molar-refractivity contribution in [1.82, 2.24) is 0 Å². The van der Waals surface area contributed by atoms with Crippen LogP contribution >= 0.6 is 0 Å². The third kappa shape index (κ3) is 5.23. The first-order chi connectivity index (χ1) is 14.5. The molecule has 1 saturated heterocycles. The van der Waals surface area contributed by atoms with Gasteiger partial charge in [0.2, 0.25) is 0 Å². The quantitative estimate of drug-likeness (QED) is 0.774. The van der Waals surface area contributed by atoms with Crippen LogP contribution in [-0.2, 0) is 17.6 Å². The topological polar surface area (TPSA) is 52.9 Å². The SMILES string of the molecule is CC.Cc1ccc(C2CC(O)CC(CO)O2)cc1Cc1ccc2c(c1)CCCN2C. The van der Waals surface area contributed by atoms with E-state index in [1.54, 1.807) is 0 Å². The standard InChI is InChI=1S/C24H31NO3.C2H6/c1-16-5-7-19(24-14-21(27)13-22(15-26)28-24)12-20(16)11-17-6-8-23-18(10-17)4-3-9-25(23)2;1-2/h5-8,10,12,21-22,24,26-27H,3-4,9,11,13-15H2,1-2H3;1-2H3. The largest absolute Gasteiger partial charge is 0.394 e. The van der Waals surface area contributed by atoms with Gasteiger partial charge in [0.05, 0.1) is 24.9 Å². The Morgan fingerprint density at radius 2 is 1.90 bits per heavy atom. The summed E-state index contributed by atoms with van der Waals surface area (Å²) in [6.07, 6.45) is 3.51. The highest BCUT2D eigenvalue weighted by molar-refractivity contribution is 5.56. The first-order valence-corrected chi connectivity index (χ1v) is 11.4. The molecule has 4 heteroatoms. The minimum Gasteiger partial charge on any atom is -0.394 e. The lowest BCUT2D eigenvalue weighted by molar-refractivity contribution is -0.113. The van der Waals surface area contributed by atoms with E-state index in [4.69, 9.17) is 4.74 Å². The Morgan fingerprint density at radius 1 is 1.10 bits per heavy atom. The van der Waals surface area contributed by atoms with Crippen LogP contribution < -0.4 is 4.90 Å². The van der Waals surface area contributed by atoms with Crippen LogP contribution in [0.3, 0.4) is 0 Å². The summed E-state index contributed by atoms with van der Waals surface area (Å²) in [5.74, 6) is 0. The van der Waals surface area contributed by atoms with Gasteiger partial charge in [-0.3, -0.25) is 0 Å². The van der Waals surface area contributed by atoms with Crippen LogP contribution in [0.15, 0.2) is 36.4 Å². The molecule has 0 amide bonds. The number of hydrogen-bond donors (Lipinski definition) is 2. The van der Waals surface area contributed by atoms with Crippen LogP contribution in [0.1, 0.15) is 67.0 Å². The van der Waals surface area contributed by atoms with Gasteiger partial charge in [-0.25, -0.2) is 0 Å². The van der Waals surface area contributed by atoms with Crippen LogP contribution in [0, 0.1) is 6.92 Å². The molecule has 1 fully saturated rings. The Bertz CT molecular complexity index is 835. The molecule has 0 aliphatic carbocycles. The van der Waals surface area contributed by atoms with Gasteiger partial charge in [0, 0.05) is 32.1 Å². The maximum absolute atomic E-state index is 10.1. The first kappa shape index (κ1) is 22.8. The van der Waals surface area contributed by atoms with E-state index in [0.29, 0.717) is 12.8 Å². The highest BCUT2D eigenvalue weighted by atomic mass is 16.5. The molecule has 3 atom stereocenters. The van der Waals surface area contributed by atoms with Gasteiger partial charge in [-0.2, -0.15) is 0 Å². The van der Waals surface area contributed by atoms with Gasteiger partial charge in [-0.1, -0.05) is 44.2 Å². The second-order valence-electron chi connectivity index (χ2n) is 8.41. The zero-order valence-electron chi connectivity index (χ0n) is 18.9. The Kier molecular flexibility index (Phi) is 7.93. The molecule has 2 heterocycles. The van der Waals surface area contributed by atoms with Crippen LogP contribution in [0.5, 0.6) is 0 Å². The number of fused-ring (bicyclic) bond motifs is 1. The zero-order valence-corrected chi connectivity index (χ0v) is 18.9. The van der Waals surface area contributed by atoms with Crippen molar-refractivity contribution in [2.45, 2.75) is 71.2 Å². The van der Waals surface area contributed by atoms with Crippen LogP contribution in [0.2, 0.25) is 0 Å². The molecule has 4 rings (SSSR count). The molecule has 2 N–H and O–H groups in total. The molecule has 2 aromatic carbocycles. The van der Waals surface area contributed by atoms with Crippen LogP contribution in [0.25, 0.3) is 0 Å². The van der Waals surface area contributed by atoms with Gasteiger partial charge in [0.25, 0.3) is 0 Å². The number of aryl methyl sites for hydroxylation is 2. The number of anilines is 1. The number of aliphatic hydroxyl groups excluding tert-OH is 2. The van der Waals surface area contributed by atoms with E-state index in [-0.39, 0.29) is 18.8 Å². The molecule has 4 nitrogen and oxygen atoms in total. The number of rotatable bonds is 4. The fourth-order valence-corrected chi connectivity index (χ4v) is 4.57. The molecule has 2 aliphatic heterocycles. The molecule has 2 aromatic rings. The first-order valence-electron chi connectivity index (χ1n) is 11.4. The summed E-state index contributed by atoms with van der Waals surface area (Å²) in [6, 6.07) is 13.3. The Morgan fingerprint density at radius 3 is 2.67 bits per heavy atom. The van der Waals surface area contributed by atoms with E-state index in [0.717, 1.165) is 24.9 Å². The fourth-order valence-electron chi connectivity index (χ4n) is 4.57. The summed E-state index contributed by atoms with van der Waals surface area (Å²) in [6.45, 7) is 7.24. The fraction of sp³-hybridized carbons (Fsp3) is 0.538. The summed E-state index contributed by atoms with van der Waals surface area (Å²) >= 11 is 0. The highest BCUT2D eigenvalue weighted by Crippen LogP contribution is 2.33. The third-order valence-corrected chi connectivity index (χ3v) is 6.22. The summed E-state index contributed by atoms with van der Waals surface area (Å²) in [5.41, 5.74) is 7.81. The van der Waals surface area contributed by atoms with Crippen molar-refractivity contribution in [3.63, 3.8) is 0 Å². The van der Waals surface area contributed by atoms with Crippen molar-refractivity contribution in [3.8, 4) is 0 Å². The summed E-state index contributed by atoms with van der Waals surface area (Å²) in [7, 11) is 2.17. The van der Waals surface area contributed by atoms with Crippen molar-refractivity contribution >= 4 is 5.69 Å². The predicted octanol–water partition coefficient (Wildman–Crippen LogP) is 4.57.